The Morgan fingerprint density at radius 2 is 2.00 bits per heavy atom. The predicted molar refractivity (Wildman–Crippen MR) is 70.5 cm³/mol. The molecule has 104 valence electrons. The summed E-state index contributed by atoms with van der Waals surface area (Å²) in [6.45, 7) is 0. The number of aromatic nitrogens is 2. The third kappa shape index (κ3) is 2.24. The average Bonchev–Trinajstić information content (AvgIpc) is 3.09. The smallest absolute Gasteiger partial charge is 0.153 e. The molecule has 1 fully saturated rings. The highest BCUT2D eigenvalue weighted by atomic mass is 19.1. The lowest BCUT2D eigenvalue weighted by atomic mass is 10.1. The Hall–Kier alpha value is -2.04. The monoisotopic (exact) mass is 276 g/mol. The van der Waals surface area contributed by atoms with Crippen molar-refractivity contribution in [2.75, 3.05) is 0 Å². The van der Waals surface area contributed by atoms with Gasteiger partial charge in [0.15, 0.2) is 6.29 Å². The molecule has 0 N–H and O–H groups in total. The SMILES string of the molecule is O=Cc1cn(C2CCCC2)nc1-c1cc(F)ccc1F. The van der Waals surface area contributed by atoms with E-state index in [1.807, 2.05) is 0 Å². The highest BCUT2D eigenvalue weighted by Crippen LogP contribution is 2.32. The van der Waals surface area contributed by atoms with Crippen LogP contribution in [0.3, 0.4) is 0 Å². The highest BCUT2D eigenvalue weighted by molar-refractivity contribution is 5.85. The summed E-state index contributed by atoms with van der Waals surface area (Å²) in [5.41, 5.74) is 0.536. The fourth-order valence-electron chi connectivity index (χ4n) is 2.74. The van der Waals surface area contributed by atoms with E-state index < -0.39 is 11.6 Å². The van der Waals surface area contributed by atoms with Gasteiger partial charge in [-0.2, -0.15) is 5.10 Å². The number of carbonyl (C=O) groups is 1. The molecule has 1 saturated carbocycles. The zero-order chi connectivity index (χ0) is 14.1. The van der Waals surface area contributed by atoms with Crippen LogP contribution in [-0.2, 0) is 0 Å². The molecule has 1 aliphatic rings. The number of hydrogen-bond donors (Lipinski definition) is 0. The summed E-state index contributed by atoms with van der Waals surface area (Å²) in [4.78, 5) is 11.2. The zero-order valence-electron chi connectivity index (χ0n) is 10.9. The van der Waals surface area contributed by atoms with Gasteiger partial charge in [0.2, 0.25) is 0 Å². The van der Waals surface area contributed by atoms with Gasteiger partial charge in [-0.1, -0.05) is 12.8 Å². The largest absolute Gasteiger partial charge is 0.298 e. The molecule has 0 radical (unpaired) electrons. The standard InChI is InChI=1S/C15H14F2N2O/c16-11-5-6-14(17)13(7-11)15-10(9-20)8-19(18-15)12-3-1-2-4-12/h5-9,12H,1-4H2. The van der Waals surface area contributed by atoms with Gasteiger partial charge in [0.05, 0.1) is 11.6 Å². The molecule has 0 aliphatic heterocycles. The molecule has 0 atom stereocenters. The molecule has 1 aromatic carbocycles. The van der Waals surface area contributed by atoms with E-state index in [1.54, 1.807) is 10.9 Å². The van der Waals surface area contributed by atoms with Crippen molar-refractivity contribution in [3.63, 3.8) is 0 Å². The molecular weight excluding hydrogens is 262 g/mol. The number of carbonyl (C=O) groups excluding carboxylic acids is 1. The molecule has 1 aliphatic carbocycles. The van der Waals surface area contributed by atoms with Crippen LogP contribution >= 0.6 is 0 Å². The van der Waals surface area contributed by atoms with Crippen LogP contribution in [0.2, 0.25) is 0 Å². The van der Waals surface area contributed by atoms with Gasteiger partial charge >= 0.3 is 0 Å². The van der Waals surface area contributed by atoms with E-state index in [2.05, 4.69) is 5.10 Å². The predicted octanol–water partition coefficient (Wildman–Crippen LogP) is 3.76. The van der Waals surface area contributed by atoms with Gasteiger partial charge in [-0.3, -0.25) is 9.48 Å². The summed E-state index contributed by atoms with van der Waals surface area (Å²) in [5.74, 6) is -1.13. The second kappa shape index (κ2) is 5.15. The van der Waals surface area contributed by atoms with Gasteiger partial charge < -0.3 is 0 Å². The molecule has 3 nitrogen and oxygen atoms in total. The molecule has 3 rings (SSSR count). The number of hydrogen-bond acceptors (Lipinski definition) is 2. The minimum absolute atomic E-state index is 0.0313. The van der Waals surface area contributed by atoms with Crippen molar-refractivity contribution in [2.45, 2.75) is 31.7 Å². The van der Waals surface area contributed by atoms with Crippen LogP contribution in [0.25, 0.3) is 11.3 Å². The van der Waals surface area contributed by atoms with Crippen LogP contribution in [0.1, 0.15) is 42.1 Å². The maximum Gasteiger partial charge on any atom is 0.153 e. The van der Waals surface area contributed by atoms with E-state index >= 15 is 0 Å². The van der Waals surface area contributed by atoms with Gasteiger partial charge in [0, 0.05) is 11.8 Å². The van der Waals surface area contributed by atoms with Crippen LogP contribution in [0.5, 0.6) is 0 Å². The summed E-state index contributed by atoms with van der Waals surface area (Å²) in [5, 5.41) is 4.31. The molecule has 0 amide bonds. The first-order valence-electron chi connectivity index (χ1n) is 6.69. The summed E-state index contributed by atoms with van der Waals surface area (Å²) in [6, 6.07) is 3.42. The summed E-state index contributed by atoms with van der Waals surface area (Å²) in [7, 11) is 0. The molecule has 1 heterocycles. The van der Waals surface area contributed by atoms with Gasteiger partial charge in [-0.05, 0) is 31.0 Å². The lowest BCUT2D eigenvalue weighted by Gasteiger charge is -2.08. The van der Waals surface area contributed by atoms with Gasteiger partial charge in [-0.15, -0.1) is 0 Å². The summed E-state index contributed by atoms with van der Waals surface area (Å²) in [6.07, 6.45) is 6.53. The van der Waals surface area contributed by atoms with E-state index in [-0.39, 0.29) is 17.3 Å². The van der Waals surface area contributed by atoms with Crippen molar-refractivity contribution >= 4 is 6.29 Å². The number of halogens is 2. The lowest BCUT2D eigenvalue weighted by molar-refractivity contribution is 0.112. The van der Waals surface area contributed by atoms with E-state index in [0.717, 1.165) is 43.9 Å². The van der Waals surface area contributed by atoms with Crippen LogP contribution < -0.4 is 0 Å². The first kappa shape index (κ1) is 13.0. The number of rotatable bonds is 3. The Kier molecular flexibility index (Phi) is 3.34. The van der Waals surface area contributed by atoms with Gasteiger partial charge in [0.25, 0.3) is 0 Å². The first-order chi connectivity index (χ1) is 9.69. The Labute approximate surface area is 115 Å². The fourth-order valence-corrected chi connectivity index (χ4v) is 2.74. The van der Waals surface area contributed by atoms with Crippen molar-refractivity contribution in [3.05, 3.63) is 41.6 Å². The minimum Gasteiger partial charge on any atom is -0.298 e. The molecule has 20 heavy (non-hydrogen) atoms. The van der Waals surface area contributed by atoms with E-state index in [4.69, 9.17) is 0 Å². The second-order valence-corrected chi connectivity index (χ2v) is 5.09. The molecule has 1 aromatic heterocycles. The topological polar surface area (TPSA) is 34.9 Å². The Bertz CT molecular complexity index is 645. The Balaban J connectivity index is 2.07. The molecule has 0 saturated heterocycles. The normalized spacial score (nSPS) is 15.7. The Morgan fingerprint density at radius 3 is 2.70 bits per heavy atom. The highest BCUT2D eigenvalue weighted by Gasteiger charge is 2.21. The molecule has 0 bridgehead atoms. The van der Waals surface area contributed by atoms with Crippen molar-refractivity contribution in [1.82, 2.24) is 9.78 Å². The maximum absolute atomic E-state index is 13.8. The summed E-state index contributed by atoms with van der Waals surface area (Å²) >= 11 is 0. The molecule has 0 spiro atoms. The van der Waals surface area contributed by atoms with Crippen molar-refractivity contribution in [1.29, 1.82) is 0 Å². The lowest BCUT2D eigenvalue weighted by Crippen LogP contribution is -2.05. The van der Waals surface area contributed by atoms with Crippen molar-refractivity contribution < 1.29 is 13.6 Å². The van der Waals surface area contributed by atoms with E-state index in [9.17, 15) is 13.6 Å². The second-order valence-electron chi connectivity index (χ2n) is 5.09. The van der Waals surface area contributed by atoms with Gasteiger partial charge in [0.1, 0.15) is 17.3 Å². The van der Waals surface area contributed by atoms with Crippen LogP contribution in [0.15, 0.2) is 24.4 Å². The molecular formula is C15H14F2N2O. The third-order valence-corrected chi connectivity index (χ3v) is 3.77. The van der Waals surface area contributed by atoms with Crippen molar-refractivity contribution in [2.24, 2.45) is 0 Å². The number of benzene rings is 1. The Morgan fingerprint density at radius 1 is 1.25 bits per heavy atom. The van der Waals surface area contributed by atoms with Crippen LogP contribution in [-0.4, -0.2) is 16.1 Å². The van der Waals surface area contributed by atoms with Crippen LogP contribution in [0.4, 0.5) is 8.78 Å². The summed E-state index contributed by atoms with van der Waals surface area (Å²) < 4.78 is 28.8. The van der Waals surface area contributed by atoms with Gasteiger partial charge in [-0.25, -0.2) is 8.78 Å². The average molecular weight is 276 g/mol. The fraction of sp³-hybridized carbons (Fsp3) is 0.333. The first-order valence-corrected chi connectivity index (χ1v) is 6.69. The van der Waals surface area contributed by atoms with Crippen LogP contribution in [0, 0.1) is 11.6 Å². The molecule has 2 aromatic rings. The van der Waals surface area contributed by atoms with E-state index in [1.165, 1.54) is 0 Å². The van der Waals surface area contributed by atoms with E-state index in [0.29, 0.717) is 11.8 Å². The quantitative estimate of drug-likeness (QED) is 0.800. The maximum atomic E-state index is 13.8. The number of aldehydes is 1. The third-order valence-electron chi connectivity index (χ3n) is 3.77. The minimum atomic E-state index is -0.578. The zero-order valence-corrected chi connectivity index (χ0v) is 10.9. The van der Waals surface area contributed by atoms with Crippen molar-refractivity contribution in [3.8, 4) is 11.3 Å². The number of nitrogens with zero attached hydrogens (tertiary/aromatic N) is 2. The molecule has 5 heteroatoms. The molecule has 0 unspecified atom stereocenters.